The number of rotatable bonds is 4. The molecule has 3 rings (SSSR count). The van der Waals surface area contributed by atoms with E-state index in [9.17, 15) is 4.79 Å². The lowest BCUT2D eigenvalue weighted by atomic mass is 10.1. The Morgan fingerprint density at radius 2 is 2.17 bits per heavy atom. The van der Waals surface area contributed by atoms with E-state index in [1.54, 1.807) is 23.3 Å². The third-order valence-electron chi connectivity index (χ3n) is 3.79. The van der Waals surface area contributed by atoms with Crippen LogP contribution in [0.2, 0.25) is 0 Å². The molecule has 23 heavy (non-hydrogen) atoms. The van der Waals surface area contributed by atoms with Crippen LogP contribution < -0.4 is 5.32 Å². The van der Waals surface area contributed by atoms with Crippen molar-refractivity contribution in [3.05, 3.63) is 59.4 Å². The minimum absolute atomic E-state index is 0.128. The van der Waals surface area contributed by atoms with Crippen LogP contribution in [-0.2, 0) is 13.6 Å². The zero-order valence-corrected chi connectivity index (χ0v) is 13.3. The molecule has 0 radical (unpaired) electrons. The SMILES string of the molecule is Cc1nn(C)c(C)c1C(=O)NCc1cncc(-c2ccco2)c1. The molecule has 118 valence electrons. The summed E-state index contributed by atoms with van der Waals surface area (Å²) >= 11 is 0. The lowest BCUT2D eigenvalue weighted by Crippen LogP contribution is -2.24. The van der Waals surface area contributed by atoms with Gasteiger partial charge in [0.05, 0.1) is 17.5 Å². The number of furan rings is 1. The van der Waals surface area contributed by atoms with Crippen molar-refractivity contribution in [2.24, 2.45) is 7.05 Å². The van der Waals surface area contributed by atoms with Crippen LogP contribution in [-0.4, -0.2) is 20.7 Å². The van der Waals surface area contributed by atoms with Gasteiger partial charge in [-0.05, 0) is 37.6 Å². The molecular formula is C17H18N4O2. The first kappa shape index (κ1) is 15.0. The van der Waals surface area contributed by atoms with Crippen LogP contribution in [0.4, 0.5) is 0 Å². The van der Waals surface area contributed by atoms with E-state index in [-0.39, 0.29) is 5.91 Å². The first-order valence-electron chi connectivity index (χ1n) is 7.32. The minimum Gasteiger partial charge on any atom is -0.464 e. The summed E-state index contributed by atoms with van der Waals surface area (Å²) < 4.78 is 7.08. The summed E-state index contributed by atoms with van der Waals surface area (Å²) in [5, 5.41) is 7.19. The highest BCUT2D eigenvalue weighted by molar-refractivity contribution is 5.96. The number of nitrogens with zero attached hydrogens (tertiary/aromatic N) is 3. The molecule has 0 atom stereocenters. The fourth-order valence-corrected chi connectivity index (χ4v) is 2.53. The van der Waals surface area contributed by atoms with Gasteiger partial charge in [-0.3, -0.25) is 14.5 Å². The molecule has 6 nitrogen and oxygen atoms in total. The van der Waals surface area contributed by atoms with Crippen LogP contribution in [0.1, 0.15) is 27.3 Å². The molecular weight excluding hydrogens is 292 g/mol. The molecule has 0 aliphatic heterocycles. The van der Waals surface area contributed by atoms with Gasteiger partial charge in [0, 0.05) is 37.2 Å². The maximum atomic E-state index is 12.4. The number of amides is 1. The summed E-state index contributed by atoms with van der Waals surface area (Å²) in [6.07, 6.45) is 5.09. The molecule has 6 heteroatoms. The van der Waals surface area contributed by atoms with E-state index < -0.39 is 0 Å². The molecule has 0 aliphatic rings. The number of nitrogens with one attached hydrogen (secondary N) is 1. The average molecular weight is 310 g/mol. The molecule has 3 heterocycles. The van der Waals surface area contributed by atoms with Crippen molar-refractivity contribution < 1.29 is 9.21 Å². The summed E-state index contributed by atoms with van der Waals surface area (Å²) in [6.45, 7) is 4.11. The zero-order chi connectivity index (χ0) is 16.4. The van der Waals surface area contributed by atoms with E-state index in [0.29, 0.717) is 12.1 Å². The van der Waals surface area contributed by atoms with E-state index >= 15 is 0 Å². The first-order chi connectivity index (χ1) is 11.1. The van der Waals surface area contributed by atoms with Crippen LogP contribution in [0.25, 0.3) is 11.3 Å². The number of carbonyl (C=O) groups is 1. The van der Waals surface area contributed by atoms with Gasteiger partial charge in [-0.2, -0.15) is 5.10 Å². The second kappa shape index (κ2) is 6.08. The third-order valence-corrected chi connectivity index (χ3v) is 3.79. The highest BCUT2D eigenvalue weighted by Crippen LogP contribution is 2.19. The highest BCUT2D eigenvalue weighted by atomic mass is 16.3. The lowest BCUT2D eigenvalue weighted by Gasteiger charge is -2.06. The van der Waals surface area contributed by atoms with Crippen molar-refractivity contribution in [3.8, 4) is 11.3 Å². The van der Waals surface area contributed by atoms with Gasteiger partial charge in [0.25, 0.3) is 5.91 Å². The smallest absolute Gasteiger partial charge is 0.255 e. The van der Waals surface area contributed by atoms with Gasteiger partial charge in [0.15, 0.2) is 0 Å². The van der Waals surface area contributed by atoms with Crippen LogP contribution in [0.5, 0.6) is 0 Å². The maximum Gasteiger partial charge on any atom is 0.255 e. The maximum absolute atomic E-state index is 12.4. The number of pyridine rings is 1. The fraction of sp³-hybridized carbons (Fsp3) is 0.235. The minimum atomic E-state index is -0.128. The van der Waals surface area contributed by atoms with E-state index in [1.807, 2.05) is 39.1 Å². The molecule has 0 unspecified atom stereocenters. The third kappa shape index (κ3) is 3.01. The Hall–Kier alpha value is -2.89. The Kier molecular flexibility index (Phi) is 3.97. The van der Waals surface area contributed by atoms with Crippen molar-refractivity contribution in [1.82, 2.24) is 20.1 Å². The number of hydrogen-bond acceptors (Lipinski definition) is 4. The van der Waals surface area contributed by atoms with Crippen molar-refractivity contribution in [2.45, 2.75) is 20.4 Å². The molecule has 1 N–H and O–H groups in total. The van der Waals surface area contributed by atoms with Crippen molar-refractivity contribution in [1.29, 1.82) is 0 Å². The quantitative estimate of drug-likeness (QED) is 0.804. The molecule has 0 fully saturated rings. The molecule has 3 aromatic rings. The lowest BCUT2D eigenvalue weighted by molar-refractivity contribution is 0.0949. The Morgan fingerprint density at radius 3 is 2.83 bits per heavy atom. The number of hydrogen-bond donors (Lipinski definition) is 1. The molecule has 0 aliphatic carbocycles. The molecule has 0 saturated heterocycles. The van der Waals surface area contributed by atoms with Crippen LogP contribution in [0.15, 0.2) is 41.3 Å². The first-order valence-corrected chi connectivity index (χ1v) is 7.32. The monoisotopic (exact) mass is 310 g/mol. The van der Waals surface area contributed by atoms with Crippen LogP contribution in [0.3, 0.4) is 0 Å². The summed E-state index contributed by atoms with van der Waals surface area (Å²) in [5.74, 6) is 0.626. The van der Waals surface area contributed by atoms with Gasteiger partial charge in [-0.15, -0.1) is 0 Å². The molecule has 0 spiro atoms. The normalized spacial score (nSPS) is 10.7. The largest absolute Gasteiger partial charge is 0.464 e. The predicted octanol–water partition coefficient (Wildman–Crippen LogP) is 2.62. The summed E-state index contributed by atoms with van der Waals surface area (Å²) in [6, 6.07) is 5.66. The van der Waals surface area contributed by atoms with E-state index in [1.165, 1.54) is 0 Å². The van der Waals surface area contributed by atoms with E-state index in [4.69, 9.17) is 4.42 Å². The average Bonchev–Trinajstić information content (AvgIpc) is 3.15. The van der Waals surface area contributed by atoms with Gasteiger partial charge in [-0.25, -0.2) is 0 Å². The molecule has 3 aromatic heterocycles. The predicted molar refractivity (Wildman–Crippen MR) is 85.8 cm³/mol. The standard InChI is InChI=1S/C17H18N4O2/c1-11-16(12(2)21(3)20-11)17(22)19-9-13-7-14(10-18-8-13)15-5-4-6-23-15/h4-8,10H,9H2,1-3H3,(H,19,22). The summed E-state index contributed by atoms with van der Waals surface area (Å²) in [7, 11) is 1.83. The van der Waals surface area contributed by atoms with Gasteiger partial charge < -0.3 is 9.73 Å². The van der Waals surface area contributed by atoms with Crippen LogP contribution >= 0.6 is 0 Å². The second-order valence-electron chi connectivity index (χ2n) is 5.41. The van der Waals surface area contributed by atoms with Crippen molar-refractivity contribution >= 4 is 5.91 Å². The van der Waals surface area contributed by atoms with Crippen molar-refractivity contribution in [2.75, 3.05) is 0 Å². The van der Waals surface area contributed by atoms with E-state index in [2.05, 4.69) is 15.4 Å². The topological polar surface area (TPSA) is 73.0 Å². The zero-order valence-electron chi connectivity index (χ0n) is 13.3. The summed E-state index contributed by atoms with van der Waals surface area (Å²) in [4.78, 5) is 16.6. The summed E-state index contributed by atoms with van der Waals surface area (Å²) in [5.41, 5.74) is 4.00. The van der Waals surface area contributed by atoms with Gasteiger partial charge in [0.1, 0.15) is 5.76 Å². The van der Waals surface area contributed by atoms with Crippen molar-refractivity contribution in [3.63, 3.8) is 0 Å². The second-order valence-corrected chi connectivity index (χ2v) is 5.41. The molecule has 1 amide bonds. The van der Waals surface area contributed by atoms with Gasteiger partial charge >= 0.3 is 0 Å². The van der Waals surface area contributed by atoms with E-state index in [0.717, 1.165) is 28.3 Å². The number of carbonyl (C=O) groups excluding carboxylic acids is 1. The number of aromatic nitrogens is 3. The molecule has 0 bridgehead atoms. The molecule has 0 aromatic carbocycles. The Bertz CT molecular complexity index is 834. The van der Waals surface area contributed by atoms with Gasteiger partial charge in [0.2, 0.25) is 0 Å². The van der Waals surface area contributed by atoms with Gasteiger partial charge in [-0.1, -0.05) is 0 Å². The Labute approximate surface area is 134 Å². The molecule has 0 saturated carbocycles. The Balaban J connectivity index is 1.73. The fourth-order valence-electron chi connectivity index (χ4n) is 2.53. The Morgan fingerprint density at radius 1 is 1.35 bits per heavy atom. The van der Waals surface area contributed by atoms with Crippen LogP contribution in [0, 0.1) is 13.8 Å². The highest BCUT2D eigenvalue weighted by Gasteiger charge is 2.17. The number of aryl methyl sites for hydroxylation is 2.